The van der Waals surface area contributed by atoms with Crippen LogP contribution in [-0.4, -0.2) is 86.6 Å². The zero-order valence-corrected chi connectivity index (χ0v) is 28.0. The highest BCUT2D eigenvalue weighted by atomic mass is 19.3. The van der Waals surface area contributed by atoms with E-state index in [1.54, 1.807) is 27.7 Å². The van der Waals surface area contributed by atoms with Gasteiger partial charge < -0.3 is 15.0 Å². The maximum absolute atomic E-state index is 14.3. The van der Waals surface area contributed by atoms with Gasteiger partial charge in [-0.2, -0.15) is 0 Å². The summed E-state index contributed by atoms with van der Waals surface area (Å²) in [7, 11) is 0. The number of amidine groups is 2. The van der Waals surface area contributed by atoms with Gasteiger partial charge in [-0.05, 0) is 72.3 Å². The van der Waals surface area contributed by atoms with E-state index in [4.69, 9.17) is 15.6 Å². The van der Waals surface area contributed by atoms with Gasteiger partial charge in [-0.15, -0.1) is 0 Å². The van der Waals surface area contributed by atoms with Crippen LogP contribution in [0, 0.1) is 16.7 Å². The molecule has 3 N–H and O–H groups in total. The highest BCUT2D eigenvalue weighted by Gasteiger charge is 2.55. The maximum atomic E-state index is 14.3. The van der Waals surface area contributed by atoms with Crippen molar-refractivity contribution < 1.29 is 26.0 Å². The molecule has 0 radical (unpaired) electrons. The fraction of sp³-hybridized carbons (Fsp3) is 0.706. The summed E-state index contributed by atoms with van der Waals surface area (Å²) in [6, 6.07) is 9.27. The monoisotopic (exact) mass is 634 g/mol. The first-order valence-electron chi connectivity index (χ1n) is 16.3. The van der Waals surface area contributed by atoms with Crippen molar-refractivity contribution in [3.63, 3.8) is 0 Å². The average molecular weight is 635 g/mol. The molecule has 0 aromatic heterocycles. The summed E-state index contributed by atoms with van der Waals surface area (Å²) >= 11 is 0. The number of hydrogen-bond acceptors (Lipinski definition) is 6. The molecule has 2 bridgehead atoms. The van der Waals surface area contributed by atoms with E-state index in [1.807, 2.05) is 49.1 Å². The predicted molar refractivity (Wildman–Crippen MR) is 176 cm³/mol. The lowest BCUT2D eigenvalue weighted by molar-refractivity contribution is -0.127. The van der Waals surface area contributed by atoms with Gasteiger partial charge in [0.05, 0.1) is 18.4 Å². The third-order valence-electron chi connectivity index (χ3n) is 9.49. The van der Waals surface area contributed by atoms with Crippen molar-refractivity contribution in [1.82, 2.24) is 20.0 Å². The van der Waals surface area contributed by atoms with Crippen LogP contribution in [0.3, 0.4) is 0 Å². The summed E-state index contributed by atoms with van der Waals surface area (Å²) in [6.07, 6.45) is 2.22. The number of likely N-dealkylation sites (tertiary alicyclic amines) is 1. The van der Waals surface area contributed by atoms with E-state index in [-0.39, 0.29) is 51.6 Å². The summed E-state index contributed by atoms with van der Waals surface area (Å²) in [5, 5.41) is 20.1. The second kappa shape index (κ2) is 13.3. The van der Waals surface area contributed by atoms with Gasteiger partial charge >= 0.3 is 6.09 Å². The van der Waals surface area contributed by atoms with Crippen LogP contribution in [-0.2, 0) is 9.53 Å². The summed E-state index contributed by atoms with van der Waals surface area (Å²) in [6.45, 7) is 13.1. The van der Waals surface area contributed by atoms with Gasteiger partial charge in [-0.25, -0.2) is 13.6 Å². The predicted octanol–water partition coefficient (Wildman–Crippen LogP) is 7.08. The SMILES string of the molecule is CC(=N)N(C(=N)C(C)C)[C@H]1C[C@@H]2CC(C)(C1)N2CC[C@H](NC(=O)CC1CCC(F)(F)CN1C(=O)OC(C)(C)C)c1ccccc1.[HH].[HH]. The number of nitrogens with one attached hydrogen (secondary N) is 3. The van der Waals surface area contributed by atoms with Crippen LogP contribution in [0.15, 0.2) is 30.3 Å². The number of piperidine rings is 2. The van der Waals surface area contributed by atoms with E-state index in [9.17, 15) is 18.4 Å². The van der Waals surface area contributed by atoms with Crippen LogP contribution in [0.1, 0.15) is 108 Å². The number of nitrogens with zero attached hydrogens (tertiary/aromatic N) is 3. The highest BCUT2D eigenvalue weighted by Crippen LogP contribution is 2.49. The normalized spacial score (nSPS) is 26.9. The smallest absolute Gasteiger partial charge is 0.410 e. The molecule has 3 saturated heterocycles. The number of carbonyl (C=O) groups is 2. The molecule has 2 unspecified atom stereocenters. The van der Waals surface area contributed by atoms with Crippen LogP contribution < -0.4 is 5.32 Å². The first-order valence-corrected chi connectivity index (χ1v) is 16.3. The second-order valence-electron chi connectivity index (χ2n) is 14.8. The molecule has 4 fully saturated rings. The molecule has 1 aliphatic carbocycles. The zero-order valence-electron chi connectivity index (χ0n) is 28.0. The highest BCUT2D eigenvalue weighted by molar-refractivity contribution is 5.98. The van der Waals surface area contributed by atoms with E-state index < -0.39 is 30.2 Å². The molecular weight excluding hydrogens is 578 g/mol. The van der Waals surface area contributed by atoms with E-state index in [2.05, 4.69) is 17.1 Å². The van der Waals surface area contributed by atoms with Crippen molar-refractivity contribution >= 4 is 23.7 Å². The number of rotatable bonds is 9. The Balaban J connectivity index is 0.00000384. The lowest BCUT2D eigenvalue weighted by Crippen LogP contribution is -2.72. The van der Waals surface area contributed by atoms with Crippen LogP contribution in [0.25, 0.3) is 0 Å². The lowest BCUT2D eigenvalue weighted by atomic mass is 9.66. The van der Waals surface area contributed by atoms with Crippen molar-refractivity contribution in [1.29, 1.82) is 10.8 Å². The first kappa shape index (κ1) is 34.8. The van der Waals surface area contributed by atoms with E-state index in [0.717, 1.165) is 36.3 Å². The number of ether oxygens (including phenoxy) is 1. The Morgan fingerprint density at radius 1 is 1.18 bits per heavy atom. The molecule has 254 valence electrons. The van der Waals surface area contributed by atoms with Crippen LogP contribution >= 0.6 is 0 Å². The van der Waals surface area contributed by atoms with Crippen molar-refractivity contribution in [2.24, 2.45) is 5.92 Å². The van der Waals surface area contributed by atoms with Gasteiger partial charge in [0.25, 0.3) is 5.92 Å². The largest absolute Gasteiger partial charge is 0.444 e. The Morgan fingerprint density at radius 3 is 2.42 bits per heavy atom. The second-order valence-corrected chi connectivity index (χ2v) is 14.8. The number of benzene rings is 1. The Morgan fingerprint density at radius 2 is 1.84 bits per heavy atom. The topological polar surface area (TPSA) is 113 Å². The molecule has 11 heteroatoms. The number of halogens is 2. The molecule has 1 aromatic rings. The molecule has 4 aliphatic rings. The van der Waals surface area contributed by atoms with Gasteiger partial charge in [0, 0.05) is 51.8 Å². The molecule has 3 heterocycles. The number of hydrogen-bond donors (Lipinski definition) is 3. The molecule has 2 amide bonds. The Hall–Kier alpha value is -3.08. The fourth-order valence-electron chi connectivity index (χ4n) is 7.44. The number of alkyl halides is 2. The standard InChI is InChI=1S/C34H52F2N6O3.2H2/c1-22(2)30(38)42(23(3)37)27-17-26-19-33(7,20-27)41(26)16-14-28(24-11-9-8-10-12-24)39-29(43)18-25-13-15-34(35,36)21-40(25)31(44)45-32(4,5)6;;/h8-12,22,25-28,37-38H,13-21H2,1-7H3,(H,39,43);2*1H/t25?,26-,27+,28+,33?;;/m1../s1. The summed E-state index contributed by atoms with van der Waals surface area (Å²) < 4.78 is 34.1. The van der Waals surface area contributed by atoms with Crippen LogP contribution in [0.4, 0.5) is 13.6 Å². The lowest BCUT2D eigenvalue weighted by Gasteiger charge is -2.64. The van der Waals surface area contributed by atoms with E-state index in [0.29, 0.717) is 24.1 Å². The molecular formula is C34H56F2N6O3. The number of carbonyl (C=O) groups excluding carboxylic acids is 2. The molecule has 45 heavy (non-hydrogen) atoms. The van der Waals surface area contributed by atoms with Gasteiger partial charge in [-0.1, -0.05) is 44.2 Å². The minimum Gasteiger partial charge on any atom is -0.444 e. The summed E-state index contributed by atoms with van der Waals surface area (Å²) in [4.78, 5) is 31.8. The minimum atomic E-state index is -3.02. The summed E-state index contributed by atoms with van der Waals surface area (Å²) in [5.74, 6) is -2.36. The quantitative estimate of drug-likeness (QED) is 0.199. The summed E-state index contributed by atoms with van der Waals surface area (Å²) in [5.41, 5.74) is 0.0771. The number of fused-ring (bicyclic) bond motifs is 2. The van der Waals surface area contributed by atoms with E-state index in [1.165, 1.54) is 0 Å². The zero-order chi connectivity index (χ0) is 33.3. The Bertz CT molecular complexity index is 1260. The Labute approximate surface area is 270 Å². The fourth-order valence-corrected chi connectivity index (χ4v) is 7.44. The average Bonchev–Trinajstić information content (AvgIpc) is 2.92. The van der Waals surface area contributed by atoms with Crippen molar-refractivity contribution in [2.45, 2.75) is 135 Å². The third kappa shape index (κ3) is 8.40. The van der Waals surface area contributed by atoms with Crippen molar-refractivity contribution in [2.75, 3.05) is 13.1 Å². The van der Waals surface area contributed by atoms with E-state index >= 15 is 0 Å². The first-order chi connectivity index (χ1) is 20.9. The number of amides is 2. The van der Waals surface area contributed by atoms with Gasteiger partial charge in [0.1, 0.15) is 11.4 Å². The molecule has 5 atom stereocenters. The molecule has 0 spiro atoms. The maximum Gasteiger partial charge on any atom is 0.410 e. The van der Waals surface area contributed by atoms with Gasteiger partial charge in [-0.3, -0.25) is 25.4 Å². The van der Waals surface area contributed by atoms with Crippen molar-refractivity contribution in [3.8, 4) is 0 Å². The Kier molecular flexibility index (Phi) is 10.3. The molecule has 1 saturated carbocycles. The molecule has 9 nitrogen and oxygen atoms in total. The van der Waals surface area contributed by atoms with Crippen molar-refractivity contribution in [3.05, 3.63) is 35.9 Å². The van der Waals surface area contributed by atoms with Gasteiger partial charge in [0.15, 0.2) is 0 Å². The van der Waals surface area contributed by atoms with Gasteiger partial charge in [0.2, 0.25) is 5.91 Å². The molecule has 1 aromatic carbocycles. The van der Waals surface area contributed by atoms with Crippen LogP contribution in [0.2, 0.25) is 0 Å². The van der Waals surface area contributed by atoms with Crippen LogP contribution in [0.5, 0.6) is 0 Å². The molecule has 5 rings (SSSR count). The minimum absolute atomic E-state index is 0. The molecule has 3 aliphatic heterocycles. The third-order valence-corrected chi connectivity index (χ3v) is 9.49.